The zero-order valence-electron chi connectivity index (χ0n) is 10.2. The third-order valence-corrected chi connectivity index (χ3v) is 3.71. The zero-order chi connectivity index (χ0) is 13.3. The highest BCUT2D eigenvalue weighted by atomic mass is 35.5. The van der Waals surface area contributed by atoms with Gasteiger partial charge >= 0.3 is 0 Å². The lowest BCUT2D eigenvalue weighted by Gasteiger charge is -2.37. The summed E-state index contributed by atoms with van der Waals surface area (Å²) in [5, 5.41) is 0.285. The zero-order valence-corrected chi connectivity index (χ0v) is 11.0. The van der Waals surface area contributed by atoms with E-state index < -0.39 is 5.82 Å². The molecule has 18 heavy (non-hydrogen) atoms. The SMILES string of the molecule is C[C@@H]1[C@H](N)CCCN1C(=O)c1ccc(Cl)cc1F. The molecule has 0 spiro atoms. The second kappa shape index (κ2) is 5.24. The van der Waals surface area contributed by atoms with Crippen LogP contribution in [0, 0.1) is 5.82 Å². The Labute approximate surface area is 111 Å². The van der Waals surface area contributed by atoms with Gasteiger partial charge in [-0.05, 0) is 38.0 Å². The topological polar surface area (TPSA) is 46.3 Å². The highest BCUT2D eigenvalue weighted by Gasteiger charge is 2.30. The molecule has 0 unspecified atom stereocenters. The maximum Gasteiger partial charge on any atom is 0.257 e. The summed E-state index contributed by atoms with van der Waals surface area (Å²) in [6.07, 6.45) is 1.75. The van der Waals surface area contributed by atoms with Crippen LogP contribution < -0.4 is 5.73 Å². The van der Waals surface area contributed by atoms with Gasteiger partial charge in [0.05, 0.1) is 5.56 Å². The highest BCUT2D eigenvalue weighted by molar-refractivity contribution is 6.30. The van der Waals surface area contributed by atoms with E-state index in [0.29, 0.717) is 6.54 Å². The predicted octanol–water partition coefficient (Wildman–Crippen LogP) is 2.43. The summed E-state index contributed by atoms with van der Waals surface area (Å²) in [4.78, 5) is 13.9. The molecule has 98 valence electrons. The minimum Gasteiger partial charge on any atom is -0.334 e. The first kappa shape index (κ1) is 13.3. The van der Waals surface area contributed by atoms with E-state index in [1.54, 1.807) is 4.90 Å². The van der Waals surface area contributed by atoms with Crippen LogP contribution in [0.3, 0.4) is 0 Å². The van der Waals surface area contributed by atoms with Gasteiger partial charge in [0, 0.05) is 23.7 Å². The molecule has 1 aromatic rings. The van der Waals surface area contributed by atoms with Crippen LogP contribution in [0.2, 0.25) is 5.02 Å². The molecule has 3 nitrogen and oxygen atoms in total. The first-order valence-corrected chi connectivity index (χ1v) is 6.40. The molecule has 5 heteroatoms. The van der Waals surface area contributed by atoms with Gasteiger partial charge in [0.2, 0.25) is 0 Å². The van der Waals surface area contributed by atoms with Crippen molar-refractivity contribution >= 4 is 17.5 Å². The number of nitrogens with two attached hydrogens (primary N) is 1. The number of carbonyl (C=O) groups is 1. The Morgan fingerprint density at radius 2 is 2.28 bits per heavy atom. The molecule has 0 radical (unpaired) electrons. The first-order chi connectivity index (χ1) is 8.50. The van der Waals surface area contributed by atoms with Crippen LogP contribution in [0.15, 0.2) is 18.2 Å². The van der Waals surface area contributed by atoms with Gasteiger partial charge in [0.15, 0.2) is 0 Å². The molecule has 2 N–H and O–H groups in total. The second-order valence-corrected chi connectivity index (χ2v) is 5.11. The van der Waals surface area contributed by atoms with Crippen LogP contribution >= 0.6 is 11.6 Å². The van der Waals surface area contributed by atoms with Crippen molar-refractivity contribution in [2.24, 2.45) is 5.73 Å². The number of rotatable bonds is 1. The molecule has 1 aliphatic heterocycles. The number of benzene rings is 1. The van der Waals surface area contributed by atoms with E-state index in [9.17, 15) is 9.18 Å². The van der Waals surface area contributed by atoms with Crippen LogP contribution in [0.4, 0.5) is 4.39 Å². The third-order valence-electron chi connectivity index (χ3n) is 3.47. The second-order valence-electron chi connectivity index (χ2n) is 4.67. The van der Waals surface area contributed by atoms with Crippen molar-refractivity contribution < 1.29 is 9.18 Å². The van der Waals surface area contributed by atoms with E-state index in [1.165, 1.54) is 12.1 Å². The van der Waals surface area contributed by atoms with Crippen molar-refractivity contribution in [2.45, 2.75) is 31.8 Å². The summed E-state index contributed by atoms with van der Waals surface area (Å²) in [6.45, 7) is 2.52. The number of hydrogen-bond acceptors (Lipinski definition) is 2. The number of halogens is 2. The van der Waals surface area contributed by atoms with Gasteiger partial charge < -0.3 is 10.6 Å². The first-order valence-electron chi connectivity index (χ1n) is 6.02. The number of carbonyl (C=O) groups excluding carboxylic acids is 1. The molecule has 1 heterocycles. The predicted molar refractivity (Wildman–Crippen MR) is 69.1 cm³/mol. The summed E-state index contributed by atoms with van der Waals surface area (Å²) < 4.78 is 13.7. The smallest absolute Gasteiger partial charge is 0.257 e. The van der Waals surface area contributed by atoms with Crippen LogP contribution in [0.1, 0.15) is 30.1 Å². The fourth-order valence-corrected chi connectivity index (χ4v) is 2.44. The van der Waals surface area contributed by atoms with Gasteiger partial charge in [-0.25, -0.2) is 4.39 Å². The molecule has 1 saturated heterocycles. The Kier molecular flexibility index (Phi) is 3.88. The van der Waals surface area contributed by atoms with Crippen molar-refractivity contribution in [2.75, 3.05) is 6.54 Å². The van der Waals surface area contributed by atoms with Crippen LogP contribution in [0.5, 0.6) is 0 Å². The van der Waals surface area contributed by atoms with Gasteiger partial charge in [0.1, 0.15) is 5.82 Å². The average Bonchev–Trinajstić information content (AvgIpc) is 2.32. The van der Waals surface area contributed by atoms with Crippen molar-refractivity contribution in [3.8, 4) is 0 Å². The molecule has 1 fully saturated rings. The summed E-state index contributed by atoms with van der Waals surface area (Å²) in [5.41, 5.74) is 5.99. The average molecular weight is 271 g/mol. The maximum atomic E-state index is 13.7. The minimum absolute atomic E-state index is 0.0435. The quantitative estimate of drug-likeness (QED) is 0.852. The number of piperidine rings is 1. The number of nitrogens with zero attached hydrogens (tertiary/aromatic N) is 1. The Hall–Kier alpha value is -1.13. The Balaban J connectivity index is 2.25. The number of likely N-dealkylation sites (tertiary alicyclic amines) is 1. The highest BCUT2D eigenvalue weighted by Crippen LogP contribution is 2.21. The fraction of sp³-hybridized carbons (Fsp3) is 0.462. The van der Waals surface area contributed by atoms with Gasteiger partial charge in [-0.3, -0.25) is 4.79 Å². The molecule has 0 aliphatic carbocycles. The van der Waals surface area contributed by atoms with Crippen LogP contribution in [-0.4, -0.2) is 29.4 Å². The van der Waals surface area contributed by atoms with Crippen molar-refractivity contribution in [1.82, 2.24) is 4.90 Å². The third kappa shape index (κ3) is 2.49. The van der Waals surface area contributed by atoms with Gasteiger partial charge in [0.25, 0.3) is 5.91 Å². The largest absolute Gasteiger partial charge is 0.334 e. The van der Waals surface area contributed by atoms with Crippen molar-refractivity contribution in [3.05, 3.63) is 34.6 Å². The molecule has 2 atom stereocenters. The van der Waals surface area contributed by atoms with E-state index >= 15 is 0 Å². The van der Waals surface area contributed by atoms with Crippen LogP contribution in [0.25, 0.3) is 0 Å². The van der Waals surface area contributed by atoms with Crippen LogP contribution in [-0.2, 0) is 0 Å². The van der Waals surface area contributed by atoms with E-state index in [0.717, 1.165) is 18.9 Å². The monoisotopic (exact) mass is 270 g/mol. The summed E-state index contributed by atoms with van der Waals surface area (Å²) in [5.74, 6) is -0.898. The Bertz CT molecular complexity index is 466. The lowest BCUT2D eigenvalue weighted by Crippen LogP contribution is -2.52. The summed E-state index contributed by atoms with van der Waals surface area (Å²) >= 11 is 5.67. The Morgan fingerprint density at radius 3 is 2.94 bits per heavy atom. The molecule has 2 rings (SSSR count). The minimum atomic E-state index is -0.584. The molecule has 1 amide bonds. The van der Waals surface area contributed by atoms with E-state index in [2.05, 4.69) is 0 Å². The summed E-state index contributed by atoms with van der Waals surface area (Å²) in [6, 6.07) is 3.99. The molecule has 1 aromatic carbocycles. The molecular formula is C13H16ClFN2O. The number of hydrogen-bond donors (Lipinski definition) is 1. The normalized spacial score (nSPS) is 24.1. The Morgan fingerprint density at radius 1 is 1.56 bits per heavy atom. The van der Waals surface area contributed by atoms with Gasteiger partial charge in [-0.2, -0.15) is 0 Å². The molecule has 0 saturated carbocycles. The van der Waals surface area contributed by atoms with Gasteiger partial charge in [-0.1, -0.05) is 11.6 Å². The molecule has 1 aliphatic rings. The van der Waals surface area contributed by atoms with E-state index in [-0.39, 0.29) is 28.6 Å². The molecular weight excluding hydrogens is 255 g/mol. The lowest BCUT2D eigenvalue weighted by molar-refractivity contribution is 0.0600. The maximum absolute atomic E-state index is 13.7. The summed E-state index contributed by atoms with van der Waals surface area (Å²) in [7, 11) is 0. The lowest BCUT2D eigenvalue weighted by atomic mass is 9.97. The van der Waals surface area contributed by atoms with Crippen molar-refractivity contribution in [1.29, 1.82) is 0 Å². The fourth-order valence-electron chi connectivity index (χ4n) is 2.28. The van der Waals surface area contributed by atoms with Gasteiger partial charge in [-0.15, -0.1) is 0 Å². The molecule has 0 bridgehead atoms. The van der Waals surface area contributed by atoms with E-state index in [1.807, 2.05) is 6.92 Å². The number of amides is 1. The standard InChI is InChI=1S/C13H16ClFN2O/c1-8-12(16)3-2-6-17(8)13(18)10-5-4-9(14)7-11(10)15/h4-5,7-8,12H,2-3,6,16H2,1H3/t8-,12-/m1/s1. The molecule has 0 aromatic heterocycles. The van der Waals surface area contributed by atoms with Crippen molar-refractivity contribution in [3.63, 3.8) is 0 Å². The van der Waals surface area contributed by atoms with E-state index in [4.69, 9.17) is 17.3 Å².